The molecule has 0 radical (unpaired) electrons. The molecule has 0 unspecified atom stereocenters. The van der Waals surface area contributed by atoms with E-state index in [4.69, 9.17) is 9.84 Å². The van der Waals surface area contributed by atoms with Crippen molar-refractivity contribution in [2.75, 3.05) is 13.2 Å². The topological polar surface area (TPSA) is 64.3 Å². The number of hydrogen-bond donors (Lipinski definition) is 1. The van der Waals surface area contributed by atoms with Crippen LogP contribution in [-0.4, -0.2) is 33.8 Å². The number of fused-ring (bicyclic) bond motifs is 1. The Bertz CT molecular complexity index is 659. The van der Waals surface area contributed by atoms with Gasteiger partial charge in [-0.2, -0.15) is 0 Å². The zero-order valence-electron chi connectivity index (χ0n) is 12.2. The highest BCUT2D eigenvalue weighted by Gasteiger charge is 2.21. The van der Waals surface area contributed by atoms with Crippen LogP contribution in [0, 0.1) is 5.92 Å². The molecular formula is C16H20N2O3. The lowest BCUT2D eigenvalue weighted by Gasteiger charge is -2.08. The molecule has 2 aromatic rings. The average molecular weight is 288 g/mol. The molecule has 1 fully saturated rings. The second kappa shape index (κ2) is 5.85. The first-order valence-corrected chi connectivity index (χ1v) is 7.49. The summed E-state index contributed by atoms with van der Waals surface area (Å²) in [7, 11) is 0. The number of rotatable bonds is 7. The second-order valence-electron chi connectivity index (χ2n) is 5.56. The van der Waals surface area contributed by atoms with Gasteiger partial charge in [0.15, 0.2) is 0 Å². The fourth-order valence-electron chi connectivity index (χ4n) is 2.52. The van der Waals surface area contributed by atoms with Gasteiger partial charge in [-0.25, -0.2) is 9.78 Å². The Morgan fingerprint density at radius 2 is 2.29 bits per heavy atom. The van der Waals surface area contributed by atoms with E-state index in [1.165, 1.54) is 12.8 Å². The maximum absolute atomic E-state index is 11.0. The van der Waals surface area contributed by atoms with E-state index in [9.17, 15) is 4.79 Å². The zero-order chi connectivity index (χ0) is 14.8. The van der Waals surface area contributed by atoms with Crippen LogP contribution in [-0.2, 0) is 17.7 Å². The third kappa shape index (κ3) is 3.08. The minimum absolute atomic E-state index is 0.278. The molecule has 1 aromatic carbocycles. The molecular weight excluding hydrogens is 268 g/mol. The van der Waals surface area contributed by atoms with Gasteiger partial charge in [-0.1, -0.05) is 6.92 Å². The van der Waals surface area contributed by atoms with Gasteiger partial charge in [0.1, 0.15) is 5.82 Å². The van der Waals surface area contributed by atoms with E-state index in [-0.39, 0.29) is 5.56 Å². The predicted molar refractivity (Wildman–Crippen MR) is 79.6 cm³/mol. The number of imidazole rings is 1. The second-order valence-corrected chi connectivity index (χ2v) is 5.56. The summed E-state index contributed by atoms with van der Waals surface area (Å²) in [4.78, 5) is 15.6. The standard InChI is InChI=1S/C16H20N2O3/c1-2-15-17-13-9-12(16(19)20)5-6-14(13)18(15)7-8-21-10-11-3-4-11/h5-6,9,11H,2-4,7-8,10H2,1H3,(H,19,20). The summed E-state index contributed by atoms with van der Waals surface area (Å²) in [5.74, 6) is 0.827. The number of hydrogen-bond acceptors (Lipinski definition) is 3. The summed E-state index contributed by atoms with van der Waals surface area (Å²) in [5, 5.41) is 9.05. The van der Waals surface area contributed by atoms with E-state index in [1.807, 2.05) is 6.07 Å². The van der Waals surface area contributed by atoms with E-state index >= 15 is 0 Å². The fraction of sp³-hybridized carbons (Fsp3) is 0.500. The molecule has 1 N–H and O–H groups in total. The minimum atomic E-state index is -0.919. The zero-order valence-corrected chi connectivity index (χ0v) is 12.2. The molecule has 0 saturated heterocycles. The number of carboxylic acids is 1. The van der Waals surface area contributed by atoms with Gasteiger partial charge in [-0.05, 0) is 37.0 Å². The maximum atomic E-state index is 11.0. The Balaban J connectivity index is 1.79. The van der Waals surface area contributed by atoms with Gasteiger partial charge in [0, 0.05) is 19.6 Å². The average Bonchev–Trinajstić information content (AvgIpc) is 3.23. The summed E-state index contributed by atoms with van der Waals surface area (Å²) >= 11 is 0. The van der Waals surface area contributed by atoms with Crippen molar-refractivity contribution < 1.29 is 14.6 Å². The number of aromatic nitrogens is 2. The number of aromatic carboxylic acids is 1. The Morgan fingerprint density at radius 1 is 1.48 bits per heavy atom. The molecule has 1 saturated carbocycles. The van der Waals surface area contributed by atoms with Gasteiger partial charge in [-0.3, -0.25) is 0 Å². The van der Waals surface area contributed by atoms with Crippen molar-refractivity contribution in [3.05, 3.63) is 29.6 Å². The molecule has 0 atom stereocenters. The van der Waals surface area contributed by atoms with E-state index < -0.39 is 5.97 Å². The maximum Gasteiger partial charge on any atom is 0.335 e. The molecule has 0 amide bonds. The lowest BCUT2D eigenvalue weighted by atomic mass is 10.2. The lowest BCUT2D eigenvalue weighted by molar-refractivity contribution is 0.0697. The van der Waals surface area contributed by atoms with E-state index in [0.717, 1.165) is 42.3 Å². The van der Waals surface area contributed by atoms with Crippen molar-refractivity contribution in [1.29, 1.82) is 0 Å². The Morgan fingerprint density at radius 3 is 2.95 bits per heavy atom. The van der Waals surface area contributed by atoms with Gasteiger partial charge in [-0.15, -0.1) is 0 Å². The van der Waals surface area contributed by atoms with Crippen molar-refractivity contribution in [2.24, 2.45) is 5.92 Å². The third-order valence-corrected chi connectivity index (χ3v) is 3.90. The van der Waals surface area contributed by atoms with Gasteiger partial charge in [0.25, 0.3) is 0 Å². The number of carbonyl (C=O) groups is 1. The van der Waals surface area contributed by atoms with Gasteiger partial charge < -0.3 is 14.4 Å². The molecule has 5 heteroatoms. The molecule has 21 heavy (non-hydrogen) atoms. The number of carboxylic acid groups (broad SMARTS) is 1. The van der Waals surface area contributed by atoms with Crippen LogP contribution >= 0.6 is 0 Å². The number of nitrogens with zero attached hydrogens (tertiary/aromatic N) is 2. The van der Waals surface area contributed by atoms with Crippen LogP contribution in [0.5, 0.6) is 0 Å². The third-order valence-electron chi connectivity index (χ3n) is 3.90. The Labute approximate surface area is 123 Å². The molecule has 3 rings (SSSR count). The quantitative estimate of drug-likeness (QED) is 0.796. The Hall–Kier alpha value is -1.88. The highest BCUT2D eigenvalue weighted by atomic mass is 16.5. The van der Waals surface area contributed by atoms with Gasteiger partial charge in [0.05, 0.1) is 23.2 Å². The number of aryl methyl sites for hydroxylation is 1. The van der Waals surface area contributed by atoms with Crippen LogP contribution in [0.25, 0.3) is 11.0 Å². The van der Waals surface area contributed by atoms with Crippen molar-refractivity contribution in [2.45, 2.75) is 32.7 Å². The Kier molecular flexibility index (Phi) is 3.92. The first-order valence-electron chi connectivity index (χ1n) is 7.49. The summed E-state index contributed by atoms with van der Waals surface area (Å²) in [5.41, 5.74) is 2.00. The highest BCUT2D eigenvalue weighted by Crippen LogP contribution is 2.28. The normalized spacial score (nSPS) is 14.7. The van der Waals surface area contributed by atoms with Crippen LogP contribution in [0.4, 0.5) is 0 Å². The lowest BCUT2D eigenvalue weighted by Crippen LogP contribution is -2.10. The molecule has 1 aliphatic rings. The van der Waals surface area contributed by atoms with Crippen LogP contribution in [0.1, 0.15) is 35.9 Å². The van der Waals surface area contributed by atoms with Gasteiger partial charge in [0.2, 0.25) is 0 Å². The molecule has 1 aromatic heterocycles. The molecule has 112 valence electrons. The van der Waals surface area contributed by atoms with Gasteiger partial charge >= 0.3 is 5.97 Å². The highest BCUT2D eigenvalue weighted by molar-refractivity contribution is 5.92. The molecule has 1 heterocycles. The largest absolute Gasteiger partial charge is 0.478 e. The molecule has 0 bridgehead atoms. The SMILES string of the molecule is CCc1nc2cc(C(=O)O)ccc2n1CCOCC1CC1. The van der Waals surface area contributed by atoms with Crippen molar-refractivity contribution in [1.82, 2.24) is 9.55 Å². The van der Waals surface area contributed by atoms with Crippen LogP contribution in [0.15, 0.2) is 18.2 Å². The van der Waals surface area contributed by atoms with Crippen LogP contribution in [0.3, 0.4) is 0 Å². The van der Waals surface area contributed by atoms with E-state index in [1.54, 1.807) is 12.1 Å². The van der Waals surface area contributed by atoms with Crippen LogP contribution < -0.4 is 0 Å². The number of benzene rings is 1. The molecule has 0 aliphatic heterocycles. The predicted octanol–water partition coefficient (Wildman–Crippen LogP) is 2.72. The first kappa shape index (κ1) is 14.1. The number of ether oxygens (including phenoxy) is 1. The van der Waals surface area contributed by atoms with Crippen molar-refractivity contribution in [3.63, 3.8) is 0 Å². The van der Waals surface area contributed by atoms with Crippen molar-refractivity contribution >= 4 is 17.0 Å². The summed E-state index contributed by atoms with van der Waals surface area (Å²) in [6.07, 6.45) is 3.41. The molecule has 1 aliphatic carbocycles. The smallest absolute Gasteiger partial charge is 0.335 e. The fourth-order valence-corrected chi connectivity index (χ4v) is 2.52. The first-order chi connectivity index (χ1) is 10.2. The monoisotopic (exact) mass is 288 g/mol. The van der Waals surface area contributed by atoms with Crippen molar-refractivity contribution in [3.8, 4) is 0 Å². The summed E-state index contributed by atoms with van der Waals surface area (Å²) in [6.45, 7) is 4.35. The molecule has 0 spiro atoms. The van der Waals surface area contributed by atoms with E-state index in [2.05, 4.69) is 16.5 Å². The van der Waals surface area contributed by atoms with Crippen LogP contribution in [0.2, 0.25) is 0 Å². The van der Waals surface area contributed by atoms with E-state index in [0.29, 0.717) is 6.61 Å². The summed E-state index contributed by atoms with van der Waals surface area (Å²) < 4.78 is 7.83. The minimum Gasteiger partial charge on any atom is -0.478 e. The summed E-state index contributed by atoms with van der Waals surface area (Å²) in [6, 6.07) is 5.11. The molecule has 5 nitrogen and oxygen atoms in total.